The second-order valence-corrected chi connectivity index (χ2v) is 7.08. The van der Waals surface area contributed by atoms with Gasteiger partial charge < -0.3 is 4.52 Å². The number of rotatable bonds is 4. The van der Waals surface area contributed by atoms with Gasteiger partial charge in [-0.3, -0.25) is 14.6 Å². The molecule has 2 aliphatic heterocycles. The van der Waals surface area contributed by atoms with Gasteiger partial charge in [0.05, 0.1) is 10.7 Å². The number of halogens is 2. The van der Waals surface area contributed by atoms with Crippen molar-refractivity contribution in [3.05, 3.63) is 65.3 Å². The molecule has 1 aromatic heterocycles. The first kappa shape index (κ1) is 18.4. The Morgan fingerprint density at radius 3 is 2.73 bits per heavy atom. The monoisotopic (exact) mass is 426 g/mol. The van der Waals surface area contributed by atoms with Crippen LogP contribution in [0, 0.1) is 5.82 Å². The molecule has 1 fully saturated rings. The first-order valence-electron chi connectivity index (χ1n) is 8.91. The number of nitrogens with zero attached hydrogens (tertiary/aromatic N) is 6. The predicted molar refractivity (Wildman–Crippen MR) is 102 cm³/mol. The number of amides is 2. The van der Waals surface area contributed by atoms with Crippen LogP contribution in [-0.4, -0.2) is 39.0 Å². The summed E-state index contributed by atoms with van der Waals surface area (Å²) in [5.74, 6) is -1.20. The van der Waals surface area contributed by atoms with Crippen LogP contribution in [0.25, 0.3) is 11.4 Å². The summed E-state index contributed by atoms with van der Waals surface area (Å²) >= 11 is 6.15. The Bertz CT molecular complexity index is 1200. The lowest BCUT2D eigenvalue weighted by atomic mass is 10.1. The van der Waals surface area contributed by atoms with Crippen LogP contribution in [0.2, 0.25) is 5.02 Å². The number of benzene rings is 2. The summed E-state index contributed by atoms with van der Waals surface area (Å²) in [5.41, 5.74) is 0.743. The molecule has 30 heavy (non-hydrogen) atoms. The molecule has 2 aliphatic rings. The van der Waals surface area contributed by atoms with E-state index in [9.17, 15) is 14.0 Å². The highest BCUT2D eigenvalue weighted by atomic mass is 35.5. The smallest absolute Gasteiger partial charge is 0.263 e. The van der Waals surface area contributed by atoms with Crippen LogP contribution >= 0.6 is 11.6 Å². The Balaban J connectivity index is 1.38. The van der Waals surface area contributed by atoms with Crippen molar-refractivity contribution in [2.45, 2.75) is 18.6 Å². The van der Waals surface area contributed by atoms with Gasteiger partial charge in [0.25, 0.3) is 11.8 Å². The highest BCUT2D eigenvalue weighted by molar-refractivity contribution is 6.33. The molecule has 2 aromatic carbocycles. The lowest BCUT2D eigenvalue weighted by Gasteiger charge is -2.19. The van der Waals surface area contributed by atoms with E-state index in [1.165, 1.54) is 23.2 Å². The molecule has 5 rings (SSSR count). The van der Waals surface area contributed by atoms with Crippen molar-refractivity contribution < 1.29 is 18.5 Å². The van der Waals surface area contributed by atoms with Gasteiger partial charge in [0.1, 0.15) is 12.4 Å². The summed E-state index contributed by atoms with van der Waals surface area (Å²) in [4.78, 5) is 30.8. The van der Waals surface area contributed by atoms with E-state index in [2.05, 4.69) is 20.5 Å². The molecule has 2 amide bonds. The molecule has 0 spiro atoms. The summed E-state index contributed by atoms with van der Waals surface area (Å²) in [7, 11) is 0. The lowest BCUT2D eigenvalue weighted by Crippen LogP contribution is -2.39. The van der Waals surface area contributed by atoms with E-state index in [1.54, 1.807) is 24.3 Å². The minimum absolute atomic E-state index is 0.0296. The third-order valence-corrected chi connectivity index (χ3v) is 5.13. The van der Waals surface area contributed by atoms with E-state index in [-0.39, 0.29) is 18.1 Å². The first-order chi connectivity index (χ1) is 14.5. The molecule has 0 N–H and O–H groups in total. The summed E-state index contributed by atoms with van der Waals surface area (Å²) in [6, 6.07) is 10.3. The number of anilines is 1. The molecule has 9 nitrogen and oxygen atoms in total. The number of carbonyl (C=O) groups excluding carboxylic acids is 2. The van der Waals surface area contributed by atoms with Crippen LogP contribution in [0.4, 0.5) is 10.1 Å². The quantitative estimate of drug-likeness (QED) is 0.594. The Morgan fingerprint density at radius 2 is 1.93 bits per heavy atom. The fourth-order valence-electron chi connectivity index (χ4n) is 3.43. The molecule has 0 saturated carbocycles. The molecule has 0 radical (unpaired) electrons. The third-order valence-electron chi connectivity index (χ3n) is 4.80. The van der Waals surface area contributed by atoms with Gasteiger partial charge in [0.2, 0.25) is 11.7 Å². The maximum Gasteiger partial charge on any atom is 0.263 e. The molecule has 3 aromatic rings. The van der Waals surface area contributed by atoms with Gasteiger partial charge in [-0.1, -0.05) is 40.2 Å². The molecule has 2 atom stereocenters. The van der Waals surface area contributed by atoms with Crippen LogP contribution in [-0.2, 0) is 16.1 Å². The average molecular weight is 427 g/mol. The number of hydrogen-bond acceptors (Lipinski definition) is 8. The Morgan fingerprint density at radius 1 is 1.10 bits per heavy atom. The molecule has 1 saturated heterocycles. The van der Waals surface area contributed by atoms with Gasteiger partial charge in [0, 0.05) is 5.56 Å². The molecule has 0 aliphatic carbocycles. The van der Waals surface area contributed by atoms with Crippen molar-refractivity contribution in [1.29, 1.82) is 0 Å². The van der Waals surface area contributed by atoms with Crippen LogP contribution in [0.1, 0.15) is 5.89 Å². The summed E-state index contributed by atoms with van der Waals surface area (Å²) in [5, 5.41) is 13.5. The Kier molecular flexibility index (Phi) is 4.28. The lowest BCUT2D eigenvalue weighted by molar-refractivity contribution is -0.123. The van der Waals surface area contributed by atoms with Crippen molar-refractivity contribution in [3.8, 4) is 11.4 Å². The van der Waals surface area contributed by atoms with Crippen LogP contribution in [0.5, 0.6) is 0 Å². The highest BCUT2D eigenvalue weighted by Crippen LogP contribution is 2.33. The van der Waals surface area contributed by atoms with E-state index in [4.69, 9.17) is 16.1 Å². The molecule has 150 valence electrons. The predicted octanol–water partition coefficient (Wildman–Crippen LogP) is 3.02. The van der Waals surface area contributed by atoms with E-state index in [0.717, 1.165) is 11.0 Å². The minimum Gasteiger partial charge on any atom is -0.337 e. The van der Waals surface area contributed by atoms with Crippen molar-refractivity contribution in [2.24, 2.45) is 10.3 Å². The van der Waals surface area contributed by atoms with Crippen molar-refractivity contribution in [1.82, 2.24) is 15.1 Å². The fourth-order valence-corrected chi connectivity index (χ4v) is 3.65. The van der Waals surface area contributed by atoms with Gasteiger partial charge in [-0.15, -0.1) is 0 Å². The number of hydrogen-bond donors (Lipinski definition) is 0. The number of carbonyl (C=O) groups is 2. The molecule has 11 heteroatoms. The van der Waals surface area contributed by atoms with Gasteiger partial charge in [-0.25, -0.2) is 9.29 Å². The SMILES string of the molecule is O=C1[C@@H]2[C@@H](N=NN2Cc2nc(-c3ccccc3Cl)no2)C(=O)N1c1cccc(F)c1. The Hall–Kier alpha value is -3.66. The van der Waals surface area contributed by atoms with Gasteiger partial charge in [0.15, 0.2) is 12.1 Å². The number of imide groups is 1. The van der Waals surface area contributed by atoms with Crippen LogP contribution in [0.3, 0.4) is 0 Å². The largest absolute Gasteiger partial charge is 0.337 e. The van der Waals surface area contributed by atoms with E-state index in [0.29, 0.717) is 16.4 Å². The van der Waals surface area contributed by atoms with Crippen molar-refractivity contribution >= 4 is 29.1 Å². The maximum absolute atomic E-state index is 13.6. The molecule has 0 unspecified atom stereocenters. The second-order valence-electron chi connectivity index (χ2n) is 6.68. The highest BCUT2D eigenvalue weighted by Gasteiger charge is 2.55. The van der Waals surface area contributed by atoms with Crippen molar-refractivity contribution in [2.75, 3.05) is 4.90 Å². The standard InChI is InChI=1S/C19H12ClFN6O3/c20-13-7-2-1-6-12(13)17-22-14(30-24-17)9-26-16-15(23-25-26)18(28)27(19(16)29)11-5-3-4-10(21)8-11/h1-8,15-16H,9H2/t15-,16+/m1/s1. The van der Waals surface area contributed by atoms with Gasteiger partial charge in [-0.05, 0) is 30.3 Å². The zero-order chi connectivity index (χ0) is 20.8. The van der Waals surface area contributed by atoms with Crippen LogP contribution < -0.4 is 4.90 Å². The molecule has 0 bridgehead atoms. The normalized spacial score (nSPS) is 20.3. The third kappa shape index (κ3) is 2.92. The Labute approximate surface area is 173 Å². The zero-order valence-corrected chi connectivity index (χ0v) is 15.9. The summed E-state index contributed by atoms with van der Waals surface area (Å²) < 4.78 is 18.8. The molecular weight excluding hydrogens is 415 g/mol. The minimum atomic E-state index is -1.01. The topological polar surface area (TPSA) is 104 Å². The van der Waals surface area contributed by atoms with Crippen molar-refractivity contribution in [3.63, 3.8) is 0 Å². The average Bonchev–Trinajstić information content (AvgIpc) is 3.41. The van der Waals surface area contributed by atoms with Gasteiger partial charge in [-0.2, -0.15) is 10.1 Å². The maximum atomic E-state index is 13.6. The zero-order valence-electron chi connectivity index (χ0n) is 15.1. The number of aromatic nitrogens is 2. The van der Waals surface area contributed by atoms with E-state index in [1.807, 2.05) is 0 Å². The molecular formula is C19H12ClFN6O3. The number of fused-ring (bicyclic) bond motifs is 1. The fraction of sp³-hybridized carbons (Fsp3) is 0.158. The second kappa shape index (κ2) is 6.99. The summed E-state index contributed by atoms with van der Waals surface area (Å²) in [6.45, 7) is -0.0296. The summed E-state index contributed by atoms with van der Waals surface area (Å²) in [6.07, 6.45) is 0. The van der Waals surface area contributed by atoms with Crippen LogP contribution in [0.15, 0.2) is 63.4 Å². The van der Waals surface area contributed by atoms with Gasteiger partial charge >= 0.3 is 0 Å². The molecule has 3 heterocycles. The van der Waals surface area contributed by atoms with E-state index >= 15 is 0 Å². The first-order valence-corrected chi connectivity index (χ1v) is 9.29. The van der Waals surface area contributed by atoms with E-state index < -0.39 is 29.7 Å².